The Morgan fingerprint density at radius 3 is 2.41 bits per heavy atom. The number of nitrogens with zero attached hydrogens (tertiary/aromatic N) is 2. The SMILES string of the molecule is CN(CC(=O)NC1(C(N)=O)Cc2ccccc2C1)c1nc2ccccc2s1. The summed E-state index contributed by atoms with van der Waals surface area (Å²) >= 11 is 1.53. The van der Waals surface area contributed by atoms with E-state index in [4.69, 9.17) is 5.73 Å². The molecule has 4 rings (SSSR count). The van der Waals surface area contributed by atoms with Crippen LogP contribution in [-0.4, -0.2) is 35.9 Å². The van der Waals surface area contributed by atoms with Crippen molar-refractivity contribution in [2.45, 2.75) is 18.4 Å². The van der Waals surface area contributed by atoms with Crippen molar-refractivity contribution in [2.75, 3.05) is 18.5 Å². The monoisotopic (exact) mass is 380 g/mol. The molecule has 7 heteroatoms. The van der Waals surface area contributed by atoms with E-state index in [1.54, 1.807) is 4.90 Å². The first-order valence-electron chi connectivity index (χ1n) is 8.71. The van der Waals surface area contributed by atoms with Gasteiger partial charge in [-0.05, 0) is 23.3 Å². The van der Waals surface area contributed by atoms with E-state index in [-0.39, 0.29) is 12.5 Å². The fourth-order valence-corrected chi connectivity index (χ4v) is 4.48. The highest BCUT2D eigenvalue weighted by atomic mass is 32.1. The average Bonchev–Trinajstić information content (AvgIpc) is 3.23. The molecule has 27 heavy (non-hydrogen) atoms. The summed E-state index contributed by atoms with van der Waals surface area (Å²) in [6.07, 6.45) is 0.851. The van der Waals surface area contributed by atoms with Gasteiger partial charge in [-0.2, -0.15) is 0 Å². The van der Waals surface area contributed by atoms with E-state index in [1.165, 1.54) is 11.3 Å². The third kappa shape index (κ3) is 3.26. The lowest BCUT2D eigenvalue weighted by molar-refractivity contribution is -0.130. The molecule has 2 aromatic carbocycles. The van der Waals surface area contributed by atoms with Crippen LogP contribution in [0.5, 0.6) is 0 Å². The van der Waals surface area contributed by atoms with Gasteiger partial charge in [0.15, 0.2) is 5.13 Å². The fraction of sp³-hybridized carbons (Fsp3) is 0.250. The number of rotatable bonds is 5. The maximum atomic E-state index is 12.7. The molecule has 0 spiro atoms. The number of primary amides is 1. The van der Waals surface area contributed by atoms with E-state index in [9.17, 15) is 9.59 Å². The van der Waals surface area contributed by atoms with Gasteiger partial charge >= 0.3 is 0 Å². The summed E-state index contributed by atoms with van der Waals surface area (Å²) < 4.78 is 1.07. The molecule has 3 N–H and O–H groups in total. The Hall–Kier alpha value is -2.93. The van der Waals surface area contributed by atoms with E-state index in [1.807, 2.05) is 55.6 Å². The lowest BCUT2D eigenvalue weighted by atomic mass is 9.94. The van der Waals surface area contributed by atoms with Crippen LogP contribution in [0.1, 0.15) is 11.1 Å². The van der Waals surface area contributed by atoms with Gasteiger partial charge in [0.1, 0.15) is 5.54 Å². The van der Waals surface area contributed by atoms with Gasteiger partial charge in [0, 0.05) is 19.9 Å². The van der Waals surface area contributed by atoms with Crippen molar-refractivity contribution >= 4 is 38.5 Å². The minimum atomic E-state index is -1.06. The third-order valence-corrected chi connectivity index (χ3v) is 6.09. The molecule has 0 atom stereocenters. The van der Waals surface area contributed by atoms with Crippen molar-refractivity contribution in [3.63, 3.8) is 0 Å². The van der Waals surface area contributed by atoms with E-state index in [0.717, 1.165) is 26.5 Å². The summed E-state index contributed by atoms with van der Waals surface area (Å²) in [6, 6.07) is 15.7. The molecule has 3 aromatic rings. The quantitative estimate of drug-likeness (QED) is 0.707. The second-order valence-electron chi connectivity index (χ2n) is 6.94. The Balaban J connectivity index is 1.48. The van der Waals surface area contributed by atoms with Crippen LogP contribution in [0.15, 0.2) is 48.5 Å². The molecule has 0 radical (unpaired) electrons. The molecule has 0 saturated carbocycles. The van der Waals surface area contributed by atoms with Crippen molar-refractivity contribution in [3.8, 4) is 0 Å². The van der Waals surface area contributed by atoms with E-state index >= 15 is 0 Å². The zero-order valence-corrected chi connectivity index (χ0v) is 15.8. The number of nitrogens with two attached hydrogens (primary N) is 1. The smallest absolute Gasteiger partial charge is 0.243 e. The minimum absolute atomic E-state index is 0.102. The molecule has 138 valence electrons. The van der Waals surface area contributed by atoms with E-state index in [0.29, 0.717) is 12.8 Å². The second-order valence-corrected chi connectivity index (χ2v) is 7.95. The number of benzene rings is 2. The predicted molar refractivity (Wildman–Crippen MR) is 107 cm³/mol. The zero-order valence-electron chi connectivity index (χ0n) is 14.9. The second kappa shape index (κ2) is 6.66. The molecule has 0 fully saturated rings. The highest BCUT2D eigenvalue weighted by Crippen LogP contribution is 2.30. The number of nitrogens with one attached hydrogen (secondary N) is 1. The minimum Gasteiger partial charge on any atom is -0.368 e. The van der Waals surface area contributed by atoms with Crippen molar-refractivity contribution in [1.29, 1.82) is 0 Å². The summed E-state index contributed by atoms with van der Waals surface area (Å²) in [5.41, 5.74) is 7.63. The van der Waals surface area contributed by atoms with Gasteiger partial charge in [0.2, 0.25) is 11.8 Å². The molecule has 0 aliphatic heterocycles. The number of anilines is 1. The zero-order chi connectivity index (χ0) is 19.0. The third-order valence-electron chi connectivity index (χ3n) is 4.94. The Bertz CT molecular complexity index is 972. The number of amides is 2. The molecule has 1 aromatic heterocycles. The first-order chi connectivity index (χ1) is 13.0. The fourth-order valence-electron chi connectivity index (χ4n) is 3.55. The van der Waals surface area contributed by atoms with E-state index < -0.39 is 11.4 Å². The lowest BCUT2D eigenvalue weighted by Crippen LogP contribution is -2.59. The van der Waals surface area contributed by atoms with Gasteiger partial charge in [-0.15, -0.1) is 0 Å². The van der Waals surface area contributed by atoms with Crippen LogP contribution in [0.2, 0.25) is 0 Å². The molecule has 2 amide bonds. The van der Waals surface area contributed by atoms with Gasteiger partial charge in [-0.25, -0.2) is 4.98 Å². The topological polar surface area (TPSA) is 88.3 Å². The largest absolute Gasteiger partial charge is 0.368 e. The normalized spacial score (nSPS) is 14.7. The van der Waals surface area contributed by atoms with Gasteiger partial charge in [0.25, 0.3) is 0 Å². The van der Waals surface area contributed by atoms with Gasteiger partial charge in [0.05, 0.1) is 16.8 Å². The van der Waals surface area contributed by atoms with Crippen molar-refractivity contribution in [1.82, 2.24) is 10.3 Å². The van der Waals surface area contributed by atoms with Crippen molar-refractivity contribution < 1.29 is 9.59 Å². The predicted octanol–water partition coefficient (Wildman–Crippen LogP) is 1.87. The van der Waals surface area contributed by atoms with Crippen LogP contribution in [-0.2, 0) is 22.4 Å². The van der Waals surface area contributed by atoms with E-state index in [2.05, 4.69) is 10.3 Å². The molecule has 1 aliphatic rings. The van der Waals surface area contributed by atoms with Gasteiger partial charge in [-0.3, -0.25) is 9.59 Å². The summed E-state index contributed by atoms with van der Waals surface area (Å²) in [4.78, 5) is 31.2. The first-order valence-corrected chi connectivity index (χ1v) is 9.53. The molecular weight excluding hydrogens is 360 g/mol. The van der Waals surface area contributed by atoms with Crippen LogP contribution in [0, 0.1) is 0 Å². The molecule has 6 nitrogen and oxygen atoms in total. The number of likely N-dealkylation sites (N-methyl/N-ethyl adjacent to an activating group) is 1. The Kier molecular flexibility index (Phi) is 4.31. The standard InChI is InChI=1S/C20H20N4O2S/c1-24(19-22-15-8-4-5-9-16(15)27-19)12-17(25)23-20(18(21)26)10-13-6-2-3-7-14(13)11-20/h2-9H,10-12H2,1H3,(H2,21,26)(H,23,25). The van der Waals surface area contributed by atoms with Crippen LogP contribution in [0.4, 0.5) is 5.13 Å². The number of aromatic nitrogens is 1. The molecule has 0 bridgehead atoms. The lowest BCUT2D eigenvalue weighted by Gasteiger charge is -2.28. The van der Waals surface area contributed by atoms with Crippen molar-refractivity contribution in [3.05, 3.63) is 59.7 Å². The summed E-state index contributed by atoms with van der Waals surface area (Å²) in [6.45, 7) is 0.102. The first kappa shape index (κ1) is 17.5. The number of carbonyl (C=O) groups is 2. The number of thiazole rings is 1. The summed E-state index contributed by atoms with van der Waals surface area (Å²) in [5, 5.41) is 3.65. The highest BCUT2D eigenvalue weighted by Gasteiger charge is 2.43. The molecule has 1 heterocycles. The Morgan fingerprint density at radius 1 is 1.15 bits per heavy atom. The molecule has 0 unspecified atom stereocenters. The number of hydrogen-bond donors (Lipinski definition) is 2. The van der Waals surface area contributed by atoms with Crippen LogP contribution < -0.4 is 16.0 Å². The molecule has 0 saturated heterocycles. The molecule has 1 aliphatic carbocycles. The summed E-state index contributed by atoms with van der Waals surface area (Å²) in [5.74, 6) is -0.752. The van der Waals surface area contributed by atoms with Gasteiger partial charge < -0.3 is 16.0 Å². The van der Waals surface area contributed by atoms with Crippen LogP contribution >= 0.6 is 11.3 Å². The number of carbonyl (C=O) groups excluding carboxylic acids is 2. The summed E-state index contributed by atoms with van der Waals surface area (Å²) in [7, 11) is 1.82. The number of fused-ring (bicyclic) bond motifs is 2. The van der Waals surface area contributed by atoms with Gasteiger partial charge in [-0.1, -0.05) is 47.7 Å². The highest BCUT2D eigenvalue weighted by molar-refractivity contribution is 7.22. The Labute approximate surface area is 161 Å². The van der Waals surface area contributed by atoms with Crippen molar-refractivity contribution in [2.24, 2.45) is 5.73 Å². The number of para-hydroxylation sites is 1. The molecular formula is C20H20N4O2S. The average molecular weight is 380 g/mol. The van der Waals surface area contributed by atoms with Crippen LogP contribution in [0.25, 0.3) is 10.2 Å². The number of hydrogen-bond acceptors (Lipinski definition) is 5. The maximum Gasteiger partial charge on any atom is 0.243 e. The maximum absolute atomic E-state index is 12.7. The Morgan fingerprint density at radius 2 is 1.78 bits per heavy atom. The van der Waals surface area contributed by atoms with Crippen LogP contribution in [0.3, 0.4) is 0 Å².